The molecule has 1 amide bonds. The number of thioether (sulfide) groups is 1. The predicted molar refractivity (Wildman–Crippen MR) is 86.8 cm³/mol. The van der Waals surface area contributed by atoms with Crippen LogP contribution in [0.4, 0.5) is 18.9 Å². The highest BCUT2D eigenvalue weighted by Crippen LogP contribution is 2.28. The molecule has 0 saturated heterocycles. The number of anilines is 1. The van der Waals surface area contributed by atoms with Gasteiger partial charge in [0.1, 0.15) is 5.69 Å². The Morgan fingerprint density at radius 1 is 1.25 bits per heavy atom. The summed E-state index contributed by atoms with van der Waals surface area (Å²) in [6.07, 6.45) is -1.93. The molecular formula is C16H14F3N3OS. The minimum Gasteiger partial charge on any atom is -0.308 e. The molecule has 2 rings (SSSR count). The molecule has 8 heteroatoms. The number of carbonyl (C=O) groups excluding carboxylic acids is 1. The van der Waals surface area contributed by atoms with Crippen molar-refractivity contribution < 1.29 is 18.0 Å². The molecule has 0 bridgehead atoms. The largest absolute Gasteiger partial charge is 0.433 e. The molecule has 0 saturated carbocycles. The molecular weight excluding hydrogens is 339 g/mol. The predicted octanol–water partition coefficient (Wildman–Crippen LogP) is 3.81. The lowest BCUT2D eigenvalue weighted by Crippen LogP contribution is -2.32. The van der Waals surface area contributed by atoms with Gasteiger partial charge in [-0.15, -0.1) is 6.58 Å². The molecule has 2 aromatic rings. The smallest absolute Gasteiger partial charge is 0.308 e. The molecule has 1 aromatic carbocycles. The van der Waals surface area contributed by atoms with E-state index in [0.29, 0.717) is 12.2 Å². The van der Waals surface area contributed by atoms with Crippen LogP contribution in [0.5, 0.6) is 0 Å². The lowest BCUT2D eigenvalue weighted by molar-refractivity contribution is -0.141. The summed E-state index contributed by atoms with van der Waals surface area (Å²) in [6, 6.07) is 9.74. The van der Waals surface area contributed by atoms with Crippen LogP contribution >= 0.6 is 11.8 Å². The van der Waals surface area contributed by atoms with Crippen molar-refractivity contribution in [3.8, 4) is 0 Å². The molecule has 1 heterocycles. The van der Waals surface area contributed by atoms with E-state index >= 15 is 0 Å². The third-order valence-corrected chi connectivity index (χ3v) is 3.78. The fraction of sp³-hybridized carbons (Fsp3) is 0.188. The van der Waals surface area contributed by atoms with E-state index in [2.05, 4.69) is 16.5 Å². The van der Waals surface area contributed by atoms with Gasteiger partial charge in [0, 0.05) is 18.4 Å². The Morgan fingerprint density at radius 2 is 1.96 bits per heavy atom. The molecule has 0 fully saturated rings. The maximum absolute atomic E-state index is 12.6. The van der Waals surface area contributed by atoms with Crippen molar-refractivity contribution in [2.45, 2.75) is 11.3 Å². The molecule has 0 spiro atoms. The Kier molecular flexibility index (Phi) is 5.97. The molecule has 4 nitrogen and oxygen atoms in total. The van der Waals surface area contributed by atoms with Gasteiger partial charge in [0.05, 0.1) is 5.75 Å². The van der Waals surface area contributed by atoms with Crippen LogP contribution in [0.1, 0.15) is 5.69 Å². The summed E-state index contributed by atoms with van der Waals surface area (Å²) >= 11 is 0.860. The minimum absolute atomic E-state index is 0.0793. The van der Waals surface area contributed by atoms with Gasteiger partial charge in [0.2, 0.25) is 5.91 Å². The summed E-state index contributed by atoms with van der Waals surface area (Å²) in [5.41, 5.74) is -0.341. The van der Waals surface area contributed by atoms with Crippen LogP contribution in [0.15, 0.2) is 60.4 Å². The average molecular weight is 353 g/mol. The molecule has 126 valence electrons. The van der Waals surface area contributed by atoms with Gasteiger partial charge >= 0.3 is 6.18 Å². The van der Waals surface area contributed by atoms with Gasteiger partial charge in [0.25, 0.3) is 0 Å². The number of amides is 1. The third kappa shape index (κ3) is 4.82. The fourth-order valence-corrected chi connectivity index (χ4v) is 2.57. The molecule has 0 aliphatic carbocycles. The SMILES string of the molecule is C=CCN(C(=O)CSc1nccc(C(F)(F)F)n1)c1ccccc1. The first kappa shape index (κ1) is 18.0. The van der Waals surface area contributed by atoms with Crippen molar-refractivity contribution in [3.63, 3.8) is 0 Å². The fourth-order valence-electron chi connectivity index (χ4n) is 1.86. The van der Waals surface area contributed by atoms with Gasteiger partial charge in [-0.1, -0.05) is 36.0 Å². The van der Waals surface area contributed by atoms with E-state index in [4.69, 9.17) is 0 Å². The number of hydrogen-bond acceptors (Lipinski definition) is 4. The average Bonchev–Trinajstić information content (AvgIpc) is 2.58. The highest BCUT2D eigenvalue weighted by atomic mass is 32.2. The number of aromatic nitrogens is 2. The maximum atomic E-state index is 12.6. The first-order chi connectivity index (χ1) is 11.4. The van der Waals surface area contributed by atoms with Crippen LogP contribution in [0.2, 0.25) is 0 Å². The zero-order chi connectivity index (χ0) is 17.6. The van der Waals surface area contributed by atoms with E-state index < -0.39 is 11.9 Å². The topological polar surface area (TPSA) is 46.1 Å². The van der Waals surface area contributed by atoms with Crippen LogP contribution in [-0.2, 0) is 11.0 Å². The van der Waals surface area contributed by atoms with Crippen molar-refractivity contribution in [2.75, 3.05) is 17.2 Å². The van der Waals surface area contributed by atoms with Crippen molar-refractivity contribution in [1.82, 2.24) is 9.97 Å². The number of nitrogens with zero attached hydrogens (tertiary/aromatic N) is 3. The second-order valence-electron chi connectivity index (χ2n) is 4.64. The molecule has 0 aliphatic heterocycles. The van der Waals surface area contributed by atoms with Gasteiger partial charge in [-0.2, -0.15) is 13.2 Å². The first-order valence-electron chi connectivity index (χ1n) is 6.91. The van der Waals surface area contributed by atoms with Crippen LogP contribution < -0.4 is 4.90 Å². The molecule has 0 unspecified atom stereocenters. The number of benzene rings is 1. The summed E-state index contributed by atoms with van der Waals surface area (Å²) in [7, 11) is 0. The van der Waals surface area contributed by atoms with E-state index in [1.165, 1.54) is 4.90 Å². The number of para-hydroxylation sites is 1. The number of carbonyl (C=O) groups is 1. The van der Waals surface area contributed by atoms with Gasteiger partial charge < -0.3 is 4.90 Å². The summed E-state index contributed by atoms with van der Waals surface area (Å²) in [6.45, 7) is 3.91. The van der Waals surface area contributed by atoms with E-state index in [0.717, 1.165) is 24.0 Å². The monoisotopic (exact) mass is 353 g/mol. The van der Waals surface area contributed by atoms with Crippen molar-refractivity contribution in [3.05, 3.63) is 60.9 Å². The summed E-state index contributed by atoms with van der Waals surface area (Å²) in [5, 5.41) is -0.0928. The van der Waals surface area contributed by atoms with Crippen LogP contribution in [0.25, 0.3) is 0 Å². The number of rotatable bonds is 6. The normalized spacial score (nSPS) is 11.1. The molecule has 1 aromatic heterocycles. The standard InChI is InChI=1S/C16H14F3N3OS/c1-2-10-22(12-6-4-3-5-7-12)14(23)11-24-15-20-9-8-13(21-15)16(17,18)19/h2-9H,1,10-11H2. The Balaban J connectivity index is 2.07. The zero-order valence-corrected chi connectivity index (χ0v) is 13.3. The van der Waals surface area contributed by atoms with Gasteiger partial charge in [0.15, 0.2) is 5.16 Å². The van der Waals surface area contributed by atoms with Crippen molar-refractivity contribution in [2.24, 2.45) is 0 Å². The second kappa shape index (κ2) is 7.96. The lowest BCUT2D eigenvalue weighted by atomic mass is 10.3. The van der Waals surface area contributed by atoms with E-state index in [1.807, 2.05) is 6.07 Å². The quantitative estimate of drug-likeness (QED) is 0.450. The van der Waals surface area contributed by atoms with E-state index in [-0.39, 0.29) is 16.8 Å². The Morgan fingerprint density at radius 3 is 2.58 bits per heavy atom. The lowest BCUT2D eigenvalue weighted by Gasteiger charge is -2.21. The summed E-state index contributed by atoms with van der Waals surface area (Å²) in [5.74, 6) is -0.351. The molecule has 0 atom stereocenters. The third-order valence-electron chi connectivity index (χ3n) is 2.93. The summed E-state index contributed by atoms with van der Waals surface area (Å²) < 4.78 is 37.9. The maximum Gasteiger partial charge on any atom is 0.433 e. The van der Waals surface area contributed by atoms with Crippen LogP contribution in [0, 0.1) is 0 Å². The number of alkyl halides is 3. The molecule has 0 N–H and O–H groups in total. The van der Waals surface area contributed by atoms with Gasteiger partial charge in [-0.3, -0.25) is 4.79 Å². The van der Waals surface area contributed by atoms with Crippen LogP contribution in [0.3, 0.4) is 0 Å². The highest BCUT2D eigenvalue weighted by Gasteiger charge is 2.32. The van der Waals surface area contributed by atoms with Crippen molar-refractivity contribution in [1.29, 1.82) is 0 Å². The minimum atomic E-state index is -4.54. The van der Waals surface area contributed by atoms with E-state index in [1.54, 1.807) is 30.3 Å². The highest BCUT2D eigenvalue weighted by molar-refractivity contribution is 7.99. The Bertz CT molecular complexity index is 707. The first-order valence-corrected chi connectivity index (χ1v) is 7.89. The summed E-state index contributed by atoms with van der Waals surface area (Å²) in [4.78, 5) is 21.1. The molecule has 24 heavy (non-hydrogen) atoms. The van der Waals surface area contributed by atoms with Crippen molar-refractivity contribution >= 4 is 23.4 Å². The molecule has 0 aliphatic rings. The van der Waals surface area contributed by atoms with Gasteiger partial charge in [-0.05, 0) is 18.2 Å². The van der Waals surface area contributed by atoms with E-state index in [9.17, 15) is 18.0 Å². The number of hydrogen-bond donors (Lipinski definition) is 0. The van der Waals surface area contributed by atoms with Crippen LogP contribution in [-0.4, -0.2) is 28.2 Å². The second-order valence-corrected chi connectivity index (χ2v) is 5.58. The molecule has 0 radical (unpaired) electrons. The number of halogens is 3. The van der Waals surface area contributed by atoms with Gasteiger partial charge in [-0.25, -0.2) is 9.97 Å². The Labute approximate surface area is 141 Å². The Hall–Kier alpha value is -2.35. The zero-order valence-electron chi connectivity index (χ0n) is 12.5.